The molecular formula is C9H13N7O2. The fourth-order valence-electron chi connectivity index (χ4n) is 1.60. The molecule has 0 radical (unpaired) electrons. The third kappa shape index (κ3) is 3.09. The Labute approximate surface area is 102 Å². The predicted molar refractivity (Wildman–Crippen MR) is 58.4 cm³/mol. The summed E-state index contributed by atoms with van der Waals surface area (Å²) >= 11 is 0. The summed E-state index contributed by atoms with van der Waals surface area (Å²) in [7, 11) is 0. The van der Waals surface area contributed by atoms with Crippen molar-refractivity contribution in [1.82, 2.24) is 35.0 Å². The number of rotatable bonds is 6. The van der Waals surface area contributed by atoms with Crippen LogP contribution in [0.5, 0.6) is 0 Å². The van der Waals surface area contributed by atoms with Crippen LogP contribution in [0.1, 0.15) is 19.2 Å². The average molecular weight is 251 g/mol. The molecule has 0 saturated heterocycles. The minimum Gasteiger partial charge on any atom is -0.481 e. The van der Waals surface area contributed by atoms with Crippen LogP contribution in [0, 0.1) is 5.92 Å². The maximum Gasteiger partial charge on any atom is 0.303 e. The molecule has 2 aromatic rings. The number of nitrogens with zero attached hydrogens (tertiary/aromatic N) is 7. The molecule has 2 heterocycles. The highest BCUT2D eigenvalue weighted by Gasteiger charge is 2.13. The number of hydrogen-bond donors (Lipinski definition) is 1. The van der Waals surface area contributed by atoms with Gasteiger partial charge in [-0.2, -0.15) is 5.10 Å². The highest BCUT2D eigenvalue weighted by atomic mass is 16.4. The van der Waals surface area contributed by atoms with Crippen molar-refractivity contribution in [3.8, 4) is 0 Å². The van der Waals surface area contributed by atoms with Crippen LogP contribution in [0.3, 0.4) is 0 Å². The zero-order valence-electron chi connectivity index (χ0n) is 9.84. The second-order valence-electron chi connectivity index (χ2n) is 4.07. The van der Waals surface area contributed by atoms with E-state index in [1.807, 2.05) is 6.92 Å². The van der Waals surface area contributed by atoms with Crippen LogP contribution in [-0.4, -0.2) is 46.0 Å². The lowest BCUT2D eigenvalue weighted by molar-refractivity contribution is -0.138. The van der Waals surface area contributed by atoms with Crippen molar-refractivity contribution < 1.29 is 9.90 Å². The molecule has 9 nitrogen and oxygen atoms in total. The molecule has 0 amide bonds. The number of carbonyl (C=O) groups is 1. The SMILES string of the molecule is CC(CC(=O)O)Cn1nnnc1Cn1cncn1. The largest absolute Gasteiger partial charge is 0.481 e. The van der Waals surface area contributed by atoms with Crippen LogP contribution in [0.4, 0.5) is 0 Å². The van der Waals surface area contributed by atoms with Crippen LogP contribution in [0.25, 0.3) is 0 Å². The number of carboxylic acids is 1. The van der Waals surface area contributed by atoms with Crippen molar-refractivity contribution in [2.24, 2.45) is 5.92 Å². The van der Waals surface area contributed by atoms with E-state index in [1.165, 1.54) is 6.33 Å². The first kappa shape index (κ1) is 12.1. The Kier molecular flexibility index (Phi) is 3.60. The zero-order valence-corrected chi connectivity index (χ0v) is 9.84. The summed E-state index contributed by atoms with van der Waals surface area (Å²) in [6.07, 6.45) is 3.09. The number of aromatic nitrogens is 7. The number of aliphatic carboxylic acids is 1. The first-order valence-corrected chi connectivity index (χ1v) is 5.44. The van der Waals surface area contributed by atoms with Gasteiger partial charge in [0.25, 0.3) is 0 Å². The van der Waals surface area contributed by atoms with E-state index in [2.05, 4.69) is 25.6 Å². The topological polar surface area (TPSA) is 112 Å². The van der Waals surface area contributed by atoms with Gasteiger partial charge in [-0.25, -0.2) is 14.3 Å². The molecule has 0 fully saturated rings. The normalized spacial score (nSPS) is 12.5. The van der Waals surface area contributed by atoms with Crippen LogP contribution < -0.4 is 0 Å². The van der Waals surface area contributed by atoms with Gasteiger partial charge in [-0.05, 0) is 16.3 Å². The van der Waals surface area contributed by atoms with E-state index in [1.54, 1.807) is 15.7 Å². The lowest BCUT2D eigenvalue weighted by atomic mass is 10.1. The molecule has 2 rings (SSSR count). The number of carboxylic acid groups (broad SMARTS) is 1. The summed E-state index contributed by atoms with van der Waals surface area (Å²) in [4.78, 5) is 14.4. The van der Waals surface area contributed by atoms with E-state index in [4.69, 9.17) is 5.11 Å². The molecule has 0 spiro atoms. The third-order valence-electron chi connectivity index (χ3n) is 2.38. The molecule has 0 aliphatic heterocycles. The van der Waals surface area contributed by atoms with Crippen molar-refractivity contribution in [2.45, 2.75) is 26.4 Å². The molecular weight excluding hydrogens is 238 g/mol. The van der Waals surface area contributed by atoms with Gasteiger partial charge in [0.05, 0.1) is 0 Å². The molecule has 18 heavy (non-hydrogen) atoms. The fourth-order valence-corrected chi connectivity index (χ4v) is 1.60. The monoisotopic (exact) mass is 251 g/mol. The zero-order chi connectivity index (χ0) is 13.0. The fraction of sp³-hybridized carbons (Fsp3) is 0.556. The van der Waals surface area contributed by atoms with E-state index in [0.29, 0.717) is 18.9 Å². The third-order valence-corrected chi connectivity index (χ3v) is 2.38. The molecule has 0 bridgehead atoms. The number of hydrogen-bond acceptors (Lipinski definition) is 6. The highest BCUT2D eigenvalue weighted by molar-refractivity contribution is 5.66. The van der Waals surface area contributed by atoms with Gasteiger partial charge < -0.3 is 5.11 Å². The van der Waals surface area contributed by atoms with Crippen LogP contribution in [-0.2, 0) is 17.9 Å². The van der Waals surface area contributed by atoms with Crippen molar-refractivity contribution in [1.29, 1.82) is 0 Å². The van der Waals surface area contributed by atoms with Gasteiger partial charge in [-0.15, -0.1) is 5.10 Å². The molecule has 96 valence electrons. The molecule has 0 aliphatic carbocycles. The van der Waals surface area contributed by atoms with Gasteiger partial charge in [0.1, 0.15) is 19.2 Å². The van der Waals surface area contributed by atoms with Crippen molar-refractivity contribution in [2.75, 3.05) is 0 Å². The highest BCUT2D eigenvalue weighted by Crippen LogP contribution is 2.06. The lowest BCUT2D eigenvalue weighted by Gasteiger charge is -2.09. The Hall–Kier alpha value is -2.32. The number of tetrazole rings is 1. The van der Waals surface area contributed by atoms with Crippen molar-refractivity contribution in [3.63, 3.8) is 0 Å². The molecule has 9 heteroatoms. The summed E-state index contributed by atoms with van der Waals surface area (Å²) < 4.78 is 3.19. The second-order valence-corrected chi connectivity index (χ2v) is 4.07. The van der Waals surface area contributed by atoms with Crippen LogP contribution in [0.15, 0.2) is 12.7 Å². The lowest BCUT2D eigenvalue weighted by Crippen LogP contribution is -2.17. The molecule has 0 saturated carbocycles. The molecule has 0 aliphatic rings. The molecule has 1 unspecified atom stereocenters. The smallest absolute Gasteiger partial charge is 0.303 e. The molecule has 2 aromatic heterocycles. The molecule has 1 N–H and O–H groups in total. The minimum atomic E-state index is -0.826. The summed E-state index contributed by atoms with van der Waals surface area (Å²) in [5.74, 6) is -0.244. The second kappa shape index (κ2) is 5.34. The quantitative estimate of drug-likeness (QED) is 0.731. The van der Waals surface area contributed by atoms with E-state index in [9.17, 15) is 4.79 Å². The molecule has 1 atom stereocenters. The van der Waals surface area contributed by atoms with E-state index < -0.39 is 5.97 Å². The minimum absolute atomic E-state index is 0.0412. The summed E-state index contributed by atoms with van der Waals surface area (Å²) in [5.41, 5.74) is 0. The van der Waals surface area contributed by atoms with E-state index in [0.717, 1.165) is 0 Å². The van der Waals surface area contributed by atoms with Crippen LogP contribution in [0.2, 0.25) is 0 Å². The first-order chi connectivity index (χ1) is 8.65. The van der Waals surface area contributed by atoms with Gasteiger partial charge in [-0.3, -0.25) is 4.79 Å². The summed E-state index contributed by atoms with van der Waals surface area (Å²) in [6.45, 7) is 2.71. The van der Waals surface area contributed by atoms with Crippen LogP contribution >= 0.6 is 0 Å². The van der Waals surface area contributed by atoms with Gasteiger partial charge in [0.15, 0.2) is 5.82 Å². The Morgan fingerprint density at radius 2 is 2.39 bits per heavy atom. The van der Waals surface area contributed by atoms with Crippen molar-refractivity contribution >= 4 is 5.97 Å². The Balaban J connectivity index is 2.01. The Bertz CT molecular complexity index is 507. The standard InChI is InChI=1S/C9H13N7O2/c1-7(2-9(17)18)3-16-8(12-13-14-16)4-15-6-10-5-11-15/h5-7H,2-4H2,1H3,(H,17,18). The maximum atomic E-state index is 10.6. The Morgan fingerprint density at radius 3 is 3.06 bits per heavy atom. The van der Waals surface area contributed by atoms with Gasteiger partial charge >= 0.3 is 5.97 Å². The first-order valence-electron chi connectivity index (χ1n) is 5.44. The van der Waals surface area contributed by atoms with Crippen molar-refractivity contribution in [3.05, 3.63) is 18.5 Å². The van der Waals surface area contributed by atoms with E-state index in [-0.39, 0.29) is 12.3 Å². The van der Waals surface area contributed by atoms with Gasteiger partial charge in [0, 0.05) is 13.0 Å². The van der Waals surface area contributed by atoms with Gasteiger partial charge in [-0.1, -0.05) is 6.92 Å². The maximum absolute atomic E-state index is 10.6. The summed E-state index contributed by atoms with van der Waals surface area (Å²) in [6, 6.07) is 0. The molecule has 0 aromatic carbocycles. The Morgan fingerprint density at radius 1 is 1.56 bits per heavy atom. The summed E-state index contributed by atoms with van der Waals surface area (Å²) in [5, 5.41) is 24.0. The van der Waals surface area contributed by atoms with Gasteiger partial charge in [0.2, 0.25) is 0 Å². The predicted octanol–water partition coefficient (Wildman–Crippen LogP) is -0.576. The van der Waals surface area contributed by atoms with E-state index >= 15 is 0 Å². The average Bonchev–Trinajstić information content (AvgIpc) is 2.90.